The van der Waals surface area contributed by atoms with Crippen molar-refractivity contribution in [1.82, 2.24) is 10.6 Å². The fourth-order valence-electron chi connectivity index (χ4n) is 2.93. The van der Waals surface area contributed by atoms with Gasteiger partial charge in [0.1, 0.15) is 6.04 Å². The number of urea groups is 1. The highest BCUT2D eigenvalue weighted by Gasteiger charge is 2.35. The Morgan fingerprint density at radius 1 is 1.21 bits per heavy atom. The molecule has 0 radical (unpaired) electrons. The topological polar surface area (TPSA) is 84.2 Å². The van der Waals surface area contributed by atoms with Crippen LogP contribution in [0.15, 0.2) is 0 Å². The van der Waals surface area contributed by atoms with Crippen molar-refractivity contribution in [2.75, 3.05) is 0 Å². The highest BCUT2D eigenvalue weighted by atomic mass is 16.2. The smallest absolute Gasteiger partial charge is 0.312 e. The lowest BCUT2D eigenvalue weighted by atomic mass is 9.69. The molecule has 0 aromatic rings. The Hall–Kier alpha value is -1.26. The summed E-state index contributed by atoms with van der Waals surface area (Å²) in [5.74, 6) is 0.325. The third-order valence-corrected chi connectivity index (χ3v) is 3.96. The molecule has 3 atom stereocenters. The Bertz CT molecular complexity index is 336. The molecule has 3 unspecified atom stereocenters. The van der Waals surface area contributed by atoms with Crippen molar-refractivity contribution in [3.8, 4) is 0 Å². The molecule has 5 nitrogen and oxygen atoms in total. The van der Waals surface area contributed by atoms with Gasteiger partial charge in [-0.2, -0.15) is 0 Å². The van der Waals surface area contributed by atoms with Gasteiger partial charge in [0.15, 0.2) is 0 Å². The third-order valence-electron chi connectivity index (χ3n) is 3.96. The van der Waals surface area contributed by atoms with Gasteiger partial charge < -0.3 is 16.4 Å². The van der Waals surface area contributed by atoms with Crippen LogP contribution in [-0.2, 0) is 4.79 Å². The van der Waals surface area contributed by atoms with Gasteiger partial charge in [-0.05, 0) is 31.1 Å². The van der Waals surface area contributed by atoms with Crippen molar-refractivity contribution in [2.45, 2.75) is 65.5 Å². The number of hydrogen-bond donors (Lipinski definition) is 3. The first kappa shape index (κ1) is 15.8. The largest absolute Gasteiger partial charge is 0.352 e. The van der Waals surface area contributed by atoms with E-state index in [-0.39, 0.29) is 17.4 Å². The molecule has 5 heteroatoms. The minimum atomic E-state index is -0.668. The van der Waals surface area contributed by atoms with Crippen LogP contribution in [0.5, 0.6) is 0 Å². The van der Waals surface area contributed by atoms with Crippen LogP contribution in [0.2, 0.25) is 0 Å². The lowest BCUT2D eigenvalue weighted by molar-refractivity contribution is -0.124. The quantitative estimate of drug-likeness (QED) is 0.729. The number of nitrogens with two attached hydrogens (primary N) is 1. The molecule has 1 saturated carbocycles. The molecule has 1 fully saturated rings. The number of hydrogen-bond acceptors (Lipinski definition) is 2. The molecule has 0 spiro atoms. The van der Waals surface area contributed by atoms with E-state index in [1.807, 2.05) is 0 Å². The van der Waals surface area contributed by atoms with Gasteiger partial charge in [-0.1, -0.05) is 33.6 Å². The standard InChI is InChI=1S/C14H27N3O2/c1-9(16-13(15)19)12(18)17-11-8-6-5-7-10(11)14(2,3)4/h9-11H,5-8H2,1-4H3,(H,17,18)(H3,15,16,19). The zero-order chi connectivity index (χ0) is 14.6. The van der Waals surface area contributed by atoms with Crippen LogP contribution in [0, 0.1) is 11.3 Å². The molecule has 0 aromatic carbocycles. The van der Waals surface area contributed by atoms with Crippen LogP contribution in [0.4, 0.5) is 4.79 Å². The molecule has 0 heterocycles. The first-order valence-corrected chi connectivity index (χ1v) is 7.08. The van der Waals surface area contributed by atoms with E-state index in [0.29, 0.717) is 5.92 Å². The van der Waals surface area contributed by atoms with Crippen LogP contribution in [0.1, 0.15) is 53.4 Å². The lowest BCUT2D eigenvalue weighted by Crippen LogP contribution is -2.53. The molecule has 4 N–H and O–H groups in total. The SMILES string of the molecule is CC(NC(N)=O)C(=O)NC1CCCCC1C(C)(C)C. The van der Waals surface area contributed by atoms with E-state index in [1.54, 1.807) is 6.92 Å². The Morgan fingerprint density at radius 3 is 2.32 bits per heavy atom. The molecule has 3 amide bonds. The summed E-state index contributed by atoms with van der Waals surface area (Å²) in [7, 11) is 0. The summed E-state index contributed by atoms with van der Waals surface area (Å²) in [6, 6.07) is -1.06. The second-order valence-corrected chi connectivity index (χ2v) is 6.60. The fourth-order valence-corrected chi connectivity index (χ4v) is 2.93. The summed E-state index contributed by atoms with van der Waals surface area (Å²) in [5, 5.41) is 5.48. The monoisotopic (exact) mass is 269 g/mol. The maximum atomic E-state index is 12.0. The fraction of sp³-hybridized carbons (Fsp3) is 0.857. The zero-order valence-corrected chi connectivity index (χ0v) is 12.5. The van der Waals surface area contributed by atoms with Crippen molar-refractivity contribution in [2.24, 2.45) is 17.1 Å². The van der Waals surface area contributed by atoms with E-state index in [2.05, 4.69) is 31.4 Å². The molecule has 0 saturated heterocycles. The Balaban J connectivity index is 2.62. The number of primary amides is 1. The molecule has 110 valence electrons. The predicted octanol–water partition coefficient (Wildman–Crippen LogP) is 1.76. The van der Waals surface area contributed by atoms with Crippen LogP contribution in [0.3, 0.4) is 0 Å². The van der Waals surface area contributed by atoms with Gasteiger partial charge in [0.05, 0.1) is 0 Å². The van der Waals surface area contributed by atoms with Gasteiger partial charge in [0.2, 0.25) is 5.91 Å². The number of carbonyl (C=O) groups is 2. The second-order valence-electron chi connectivity index (χ2n) is 6.60. The van der Waals surface area contributed by atoms with Crippen LogP contribution >= 0.6 is 0 Å². The lowest BCUT2D eigenvalue weighted by Gasteiger charge is -2.41. The van der Waals surface area contributed by atoms with Gasteiger partial charge >= 0.3 is 6.03 Å². The molecular weight excluding hydrogens is 242 g/mol. The van der Waals surface area contributed by atoms with Gasteiger partial charge in [-0.3, -0.25) is 4.79 Å². The summed E-state index contributed by atoms with van der Waals surface area (Å²) >= 11 is 0. The predicted molar refractivity (Wildman–Crippen MR) is 75.5 cm³/mol. The molecule has 1 rings (SSSR count). The Kier molecular flexibility index (Phi) is 5.20. The first-order chi connectivity index (χ1) is 8.71. The van der Waals surface area contributed by atoms with Crippen molar-refractivity contribution < 1.29 is 9.59 Å². The third kappa shape index (κ3) is 4.73. The van der Waals surface area contributed by atoms with Crippen molar-refractivity contribution in [3.05, 3.63) is 0 Å². The maximum absolute atomic E-state index is 12.0. The highest BCUT2D eigenvalue weighted by molar-refractivity contribution is 5.86. The molecule has 0 aromatic heterocycles. The number of rotatable bonds is 3. The molecule has 19 heavy (non-hydrogen) atoms. The van der Waals surface area contributed by atoms with Crippen LogP contribution in [-0.4, -0.2) is 24.0 Å². The van der Waals surface area contributed by atoms with E-state index in [0.717, 1.165) is 19.3 Å². The van der Waals surface area contributed by atoms with E-state index in [4.69, 9.17) is 5.73 Å². The van der Waals surface area contributed by atoms with Crippen molar-refractivity contribution in [3.63, 3.8) is 0 Å². The zero-order valence-electron chi connectivity index (χ0n) is 12.5. The van der Waals surface area contributed by atoms with Gasteiger partial charge in [-0.15, -0.1) is 0 Å². The van der Waals surface area contributed by atoms with Crippen LogP contribution < -0.4 is 16.4 Å². The van der Waals surface area contributed by atoms with Gasteiger partial charge in [0, 0.05) is 6.04 Å². The van der Waals surface area contributed by atoms with Crippen molar-refractivity contribution >= 4 is 11.9 Å². The van der Waals surface area contributed by atoms with E-state index in [9.17, 15) is 9.59 Å². The second kappa shape index (κ2) is 6.26. The van der Waals surface area contributed by atoms with Gasteiger partial charge in [-0.25, -0.2) is 4.79 Å². The minimum absolute atomic E-state index is 0.153. The number of carbonyl (C=O) groups excluding carboxylic acids is 2. The highest BCUT2D eigenvalue weighted by Crippen LogP contribution is 2.37. The molecule has 1 aliphatic carbocycles. The number of amides is 3. The molecule has 1 aliphatic rings. The summed E-state index contributed by atoms with van der Waals surface area (Å²) in [6.07, 6.45) is 4.53. The Morgan fingerprint density at radius 2 is 1.79 bits per heavy atom. The summed E-state index contributed by atoms with van der Waals surface area (Å²) in [4.78, 5) is 22.8. The summed E-state index contributed by atoms with van der Waals surface area (Å²) < 4.78 is 0. The number of nitrogens with one attached hydrogen (secondary N) is 2. The van der Waals surface area contributed by atoms with Crippen molar-refractivity contribution in [1.29, 1.82) is 0 Å². The average molecular weight is 269 g/mol. The summed E-state index contributed by atoms with van der Waals surface area (Å²) in [6.45, 7) is 8.29. The van der Waals surface area contributed by atoms with Gasteiger partial charge in [0.25, 0.3) is 0 Å². The molecule has 0 bridgehead atoms. The summed E-state index contributed by atoms with van der Waals surface area (Å²) in [5.41, 5.74) is 5.21. The average Bonchev–Trinajstić information content (AvgIpc) is 2.27. The molecular formula is C14H27N3O2. The van der Waals surface area contributed by atoms with Crippen LogP contribution in [0.25, 0.3) is 0 Å². The normalized spacial score (nSPS) is 25.5. The van der Waals surface area contributed by atoms with E-state index >= 15 is 0 Å². The maximum Gasteiger partial charge on any atom is 0.312 e. The minimum Gasteiger partial charge on any atom is -0.352 e. The van der Waals surface area contributed by atoms with E-state index in [1.165, 1.54) is 6.42 Å². The van der Waals surface area contributed by atoms with E-state index < -0.39 is 12.1 Å². The Labute approximate surface area is 115 Å². The first-order valence-electron chi connectivity index (χ1n) is 7.08. The molecule has 0 aliphatic heterocycles.